The van der Waals surface area contributed by atoms with E-state index in [1.165, 1.54) is 0 Å². The number of ether oxygens (including phenoxy) is 2. The summed E-state index contributed by atoms with van der Waals surface area (Å²) in [6.07, 6.45) is 1.68. The highest BCUT2D eigenvalue weighted by Crippen LogP contribution is 2.31. The van der Waals surface area contributed by atoms with Gasteiger partial charge < -0.3 is 9.47 Å². The number of carbonyl (C=O) groups is 1. The number of benzene rings is 3. The van der Waals surface area contributed by atoms with Crippen LogP contribution in [0, 0.1) is 6.92 Å². The molecule has 1 N–H and O–H groups in total. The van der Waals surface area contributed by atoms with Gasteiger partial charge in [0, 0.05) is 10.4 Å². The highest BCUT2D eigenvalue weighted by Gasteiger charge is 2.17. The highest BCUT2D eigenvalue weighted by molar-refractivity contribution is 7.16. The largest absolute Gasteiger partial charge is 0.490 e. The number of aromatic nitrogens is 1. The molecule has 4 aromatic rings. The number of nitrogens with zero attached hydrogens (tertiary/aromatic N) is 2. The van der Waals surface area contributed by atoms with Gasteiger partial charge in [-0.05, 0) is 60.7 Å². The number of hydrogen-bond acceptors (Lipinski definition) is 7. The molecule has 0 aliphatic heterocycles. The number of hydrazone groups is 1. The van der Waals surface area contributed by atoms with Gasteiger partial charge in [0.2, 0.25) is 5.13 Å². The second-order valence-corrected chi connectivity index (χ2v) is 10.7. The fraction of sp³-hybridized carbons (Fsp3) is 0.233. The van der Waals surface area contributed by atoms with E-state index in [1.54, 1.807) is 41.8 Å². The van der Waals surface area contributed by atoms with Gasteiger partial charge in [0.05, 0.1) is 24.1 Å². The predicted octanol–water partition coefficient (Wildman–Crippen LogP) is 7.48. The van der Waals surface area contributed by atoms with Crippen LogP contribution in [0.1, 0.15) is 54.1 Å². The second-order valence-electron chi connectivity index (χ2n) is 9.52. The van der Waals surface area contributed by atoms with Gasteiger partial charge in [-0.15, -0.1) is 11.3 Å². The molecule has 0 unspecified atom stereocenters. The first-order valence-corrected chi connectivity index (χ1v) is 13.0. The van der Waals surface area contributed by atoms with Crippen molar-refractivity contribution >= 4 is 28.7 Å². The lowest BCUT2D eigenvalue weighted by molar-refractivity contribution is 0.0728. The van der Waals surface area contributed by atoms with Crippen molar-refractivity contribution in [1.82, 2.24) is 4.98 Å². The van der Waals surface area contributed by atoms with Crippen LogP contribution in [0.15, 0.2) is 77.9 Å². The van der Waals surface area contributed by atoms with Gasteiger partial charge in [0.15, 0.2) is 11.5 Å². The standard InChI is InChI=1S/C30H31N3O3S/c1-6-35-26-18-21(19-31-33-29-32-27(20(2)37-29)22-10-8-7-9-11-22)12-17-25(26)36-28(34)23-13-15-24(16-14-23)30(3,4)5/h7-19H,6H2,1-5H3,(H,32,33)/b31-19-. The summed E-state index contributed by atoms with van der Waals surface area (Å²) >= 11 is 1.55. The van der Waals surface area contributed by atoms with Crippen LogP contribution in [0.4, 0.5) is 5.13 Å². The lowest BCUT2D eigenvalue weighted by Gasteiger charge is -2.19. The van der Waals surface area contributed by atoms with E-state index in [9.17, 15) is 4.79 Å². The Labute approximate surface area is 222 Å². The van der Waals surface area contributed by atoms with Crippen LogP contribution >= 0.6 is 11.3 Å². The quantitative estimate of drug-likeness (QED) is 0.114. The molecule has 1 aromatic heterocycles. The summed E-state index contributed by atoms with van der Waals surface area (Å²) in [7, 11) is 0. The van der Waals surface area contributed by atoms with E-state index in [0.29, 0.717) is 28.8 Å². The molecular formula is C30H31N3O3S. The average molecular weight is 514 g/mol. The second kappa shape index (κ2) is 11.4. The van der Waals surface area contributed by atoms with Crippen LogP contribution in [-0.4, -0.2) is 23.8 Å². The Hall–Kier alpha value is -3.97. The van der Waals surface area contributed by atoms with E-state index in [1.807, 2.05) is 62.4 Å². The minimum atomic E-state index is -0.433. The number of rotatable bonds is 8. The zero-order valence-electron chi connectivity index (χ0n) is 21.7. The Morgan fingerprint density at radius 3 is 2.43 bits per heavy atom. The Bertz CT molecular complexity index is 1390. The van der Waals surface area contributed by atoms with Gasteiger partial charge in [-0.1, -0.05) is 63.2 Å². The van der Waals surface area contributed by atoms with Crippen LogP contribution in [-0.2, 0) is 5.41 Å². The molecule has 190 valence electrons. The van der Waals surface area contributed by atoms with Gasteiger partial charge in [-0.25, -0.2) is 9.78 Å². The van der Waals surface area contributed by atoms with Crippen LogP contribution in [0.5, 0.6) is 11.5 Å². The summed E-state index contributed by atoms with van der Waals surface area (Å²) in [5.41, 5.74) is 7.47. The van der Waals surface area contributed by atoms with E-state index >= 15 is 0 Å². The van der Waals surface area contributed by atoms with E-state index in [-0.39, 0.29) is 5.41 Å². The molecule has 0 saturated heterocycles. The molecule has 4 rings (SSSR count). The molecule has 0 aliphatic carbocycles. The zero-order chi connectivity index (χ0) is 26.4. The minimum absolute atomic E-state index is 0.0133. The number of hydrogen-bond donors (Lipinski definition) is 1. The molecule has 3 aromatic carbocycles. The molecule has 0 saturated carbocycles. The number of thiazole rings is 1. The summed E-state index contributed by atoms with van der Waals surface area (Å²) in [6, 6.07) is 22.9. The summed E-state index contributed by atoms with van der Waals surface area (Å²) in [5.74, 6) is 0.403. The average Bonchev–Trinajstić information content (AvgIpc) is 3.26. The van der Waals surface area contributed by atoms with Crippen LogP contribution < -0.4 is 14.9 Å². The van der Waals surface area contributed by atoms with Crippen molar-refractivity contribution in [2.75, 3.05) is 12.0 Å². The van der Waals surface area contributed by atoms with Crippen molar-refractivity contribution in [3.8, 4) is 22.8 Å². The van der Waals surface area contributed by atoms with Gasteiger partial charge in [-0.3, -0.25) is 5.43 Å². The van der Waals surface area contributed by atoms with Gasteiger partial charge in [-0.2, -0.15) is 5.10 Å². The van der Waals surface area contributed by atoms with Crippen molar-refractivity contribution in [2.45, 2.75) is 40.0 Å². The smallest absolute Gasteiger partial charge is 0.343 e. The van der Waals surface area contributed by atoms with Gasteiger partial charge in [0.25, 0.3) is 0 Å². The highest BCUT2D eigenvalue weighted by atomic mass is 32.1. The van der Waals surface area contributed by atoms with Gasteiger partial charge in [0.1, 0.15) is 0 Å². The maximum Gasteiger partial charge on any atom is 0.343 e. The molecule has 0 aliphatic rings. The van der Waals surface area contributed by atoms with Crippen LogP contribution in [0.3, 0.4) is 0 Å². The number of anilines is 1. The molecule has 37 heavy (non-hydrogen) atoms. The third kappa shape index (κ3) is 6.62. The Morgan fingerprint density at radius 2 is 1.76 bits per heavy atom. The normalized spacial score (nSPS) is 11.5. The van der Waals surface area contributed by atoms with Crippen molar-refractivity contribution in [3.05, 3.63) is 94.4 Å². The van der Waals surface area contributed by atoms with Crippen molar-refractivity contribution in [2.24, 2.45) is 5.10 Å². The van der Waals surface area contributed by atoms with Crippen molar-refractivity contribution < 1.29 is 14.3 Å². The predicted molar refractivity (Wildman–Crippen MR) is 151 cm³/mol. The Balaban J connectivity index is 1.45. The molecule has 0 atom stereocenters. The summed E-state index contributed by atoms with van der Waals surface area (Å²) in [6.45, 7) is 10.8. The van der Waals surface area contributed by atoms with E-state index < -0.39 is 5.97 Å². The third-order valence-corrected chi connectivity index (χ3v) is 6.55. The van der Waals surface area contributed by atoms with E-state index in [2.05, 4.69) is 36.3 Å². The minimum Gasteiger partial charge on any atom is -0.490 e. The SMILES string of the molecule is CCOc1cc(/C=N\Nc2nc(-c3ccccc3)c(C)s2)ccc1OC(=O)c1ccc(C(C)(C)C)cc1. The third-order valence-electron chi connectivity index (χ3n) is 5.67. The fourth-order valence-corrected chi connectivity index (χ4v) is 4.48. The van der Waals surface area contributed by atoms with Gasteiger partial charge >= 0.3 is 5.97 Å². The Kier molecular flexibility index (Phi) is 8.04. The number of esters is 1. The molecule has 0 radical (unpaired) electrons. The lowest BCUT2D eigenvalue weighted by Crippen LogP contribution is -2.13. The molecule has 0 bridgehead atoms. The fourth-order valence-electron chi connectivity index (χ4n) is 3.69. The maximum atomic E-state index is 12.8. The van der Waals surface area contributed by atoms with Crippen LogP contribution in [0.25, 0.3) is 11.3 Å². The molecule has 6 nitrogen and oxygen atoms in total. The summed E-state index contributed by atoms with van der Waals surface area (Å²) in [4.78, 5) is 18.5. The van der Waals surface area contributed by atoms with Crippen LogP contribution in [0.2, 0.25) is 0 Å². The topological polar surface area (TPSA) is 72.8 Å². The molecule has 0 spiro atoms. The lowest BCUT2D eigenvalue weighted by atomic mass is 9.87. The molecule has 0 amide bonds. The first-order valence-electron chi connectivity index (χ1n) is 12.2. The number of nitrogens with one attached hydrogen (secondary N) is 1. The van der Waals surface area contributed by atoms with E-state index in [4.69, 9.17) is 9.47 Å². The number of carbonyl (C=O) groups excluding carboxylic acids is 1. The molecule has 0 fully saturated rings. The Morgan fingerprint density at radius 1 is 1.03 bits per heavy atom. The summed E-state index contributed by atoms with van der Waals surface area (Å²) in [5, 5.41) is 5.05. The zero-order valence-corrected chi connectivity index (χ0v) is 22.6. The number of aryl methyl sites for hydroxylation is 1. The van der Waals surface area contributed by atoms with E-state index in [0.717, 1.165) is 27.3 Å². The molecule has 7 heteroatoms. The molecule has 1 heterocycles. The monoisotopic (exact) mass is 513 g/mol. The molecular weight excluding hydrogens is 482 g/mol. The first kappa shape index (κ1) is 26.1. The van der Waals surface area contributed by atoms with Crippen molar-refractivity contribution in [1.29, 1.82) is 0 Å². The first-order chi connectivity index (χ1) is 17.7. The maximum absolute atomic E-state index is 12.8. The van der Waals surface area contributed by atoms with Crippen molar-refractivity contribution in [3.63, 3.8) is 0 Å². The summed E-state index contributed by atoms with van der Waals surface area (Å²) < 4.78 is 11.4.